The number of aromatic nitrogens is 2. The van der Waals surface area contributed by atoms with Crippen molar-refractivity contribution in [2.75, 3.05) is 11.1 Å². The van der Waals surface area contributed by atoms with Crippen LogP contribution in [-0.4, -0.2) is 21.2 Å². The first-order valence-corrected chi connectivity index (χ1v) is 9.87. The van der Waals surface area contributed by atoms with Crippen molar-refractivity contribution in [3.8, 4) is 6.07 Å². The minimum Gasteiger partial charge on any atom is -0.329 e. The number of nitriles is 1. The van der Waals surface area contributed by atoms with Gasteiger partial charge in [0.1, 0.15) is 11.1 Å². The zero-order chi connectivity index (χ0) is 17.1. The molecule has 0 spiro atoms. The van der Waals surface area contributed by atoms with Crippen LogP contribution in [-0.2, 0) is 24.7 Å². The number of aryl methyl sites for hydroxylation is 1. The van der Waals surface area contributed by atoms with E-state index in [1.165, 1.54) is 23.1 Å². The third kappa shape index (κ3) is 3.50. The molecule has 1 atom stereocenters. The maximum atomic E-state index is 12.2. The lowest BCUT2D eigenvalue weighted by Crippen LogP contribution is -2.14. The number of thioether (sulfide) groups is 1. The zero-order valence-corrected chi connectivity index (χ0v) is 15.5. The molecule has 2 aromatic heterocycles. The van der Waals surface area contributed by atoms with E-state index < -0.39 is 0 Å². The number of rotatable bonds is 5. The predicted octanol–water partition coefficient (Wildman–Crippen LogP) is 3.60. The maximum absolute atomic E-state index is 12.2. The summed E-state index contributed by atoms with van der Waals surface area (Å²) in [6, 6.07) is 2.29. The van der Waals surface area contributed by atoms with Gasteiger partial charge in [-0.05, 0) is 30.7 Å². The number of nitrogens with one attached hydrogen (secondary N) is 1. The van der Waals surface area contributed by atoms with E-state index in [4.69, 9.17) is 0 Å². The van der Waals surface area contributed by atoms with E-state index in [0.717, 1.165) is 30.0 Å². The third-order valence-corrected chi connectivity index (χ3v) is 6.65. The lowest BCUT2D eigenvalue weighted by atomic mass is 9.86. The molecular weight excluding hydrogens is 340 g/mol. The van der Waals surface area contributed by atoms with E-state index in [-0.39, 0.29) is 11.7 Å². The number of nitrogens with zero attached hydrogens (tertiary/aromatic N) is 3. The smallest absolute Gasteiger partial charge is 0.235 e. The fourth-order valence-corrected chi connectivity index (χ4v) is 5.05. The Bertz CT molecular complexity index is 787. The fraction of sp³-hybridized carbons (Fsp3) is 0.471. The maximum Gasteiger partial charge on any atom is 0.235 e. The van der Waals surface area contributed by atoms with Gasteiger partial charge in [-0.1, -0.05) is 25.1 Å². The quantitative estimate of drug-likeness (QED) is 0.827. The second kappa shape index (κ2) is 7.41. The number of fused-ring (bicyclic) bond motifs is 1. The second-order valence-electron chi connectivity index (χ2n) is 5.99. The van der Waals surface area contributed by atoms with Crippen molar-refractivity contribution < 1.29 is 4.79 Å². The van der Waals surface area contributed by atoms with Gasteiger partial charge < -0.3 is 9.88 Å². The summed E-state index contributed by atoms with van der Waals surface area (Å²) < 4.78 is 1.88. The summed E-state index contributed by atoms with van der Waals surface area (Å²) in [5, 5.41) is 14.0. The van der Waals surface area contributed by atoms with Crippen LogP contribution >= 0.6 is 23.1 Å². The SMILES string of the molecule is CCC1CCc2c(sc(NC(=O)CSc3nccn3C)c2C#N)C1. The molecule has 0 radical (unpaired) electrons. The number of imidazole rings is 1. The Hall–Kier alpha value is -1.78. The fourth-order valence-electron chi connectivity index (χ4n) is 2.99. The van der Waals surface area contributed by atoms with Crippen LogP contribution in [0.3, 0.4) is 0 Å². The van der Waals surface area contributed by atoms with Crippen molar-refractivity contribution in [2.24, 2.45) is 13.0 Å². The van der Waals surface area contributed by atoms with Gasteiger partial charge in [0, 0.05) is 24.3 Å². The third-order valence-electron chi connectivity index (χ3n) is 4.42. The van der Waals surface area contributed by atoms with Crippen LogP contribution in [0.4, 0.5) is 5.00 Å². The lowest BCUT2D eigenvalue weighted by molar-refractivity contribution is -0.113. The molecule has 2 aromatic rings. The molecule has 126 valence electrons. The molecule has 0 bridgehead atoms. The summed E-state index contributed by atoms with van der Waals surface area (Å²) in [5.74, 6) is 0.894. The molecule has 1 unspecified atom stereocenters. The Balaban J connectivity index is 1.69. The predicted molar refractivity (Wildman–Crippen MR) is 97.4 cm³/mol. The zero-order valence-electron chi connectivity index (χ0n) is 13.8. The van der Waals surface area contributed by atoms with Crippen LogP contribution in [0, 0.1) is 17.2 Å². The number of amides is 1. The first-order chi connectivity index (χ1) is 11.6. The van der Waals surface area contributed by atoms with Crippen LogP contribution in [0.2, 0.25) is 0 Å². The molecule has 1 aliphatic rings. The number of hydrogen-bond donors (Lipinski definition) is 1. The normalized spacial score (nSPS) is 16.5. The molecule has 0 aliphatic heterocycles. The molecule has 2 heterocycles. The number of carbonyl (C=O) groups excluding carboxylic acids is 1. The molecular formula is C17H20N4OS2. The molecule has 0 saturated heterocycles. The highest BCUT2D eigenvalue weighted by Crippen LogP contribution is 2.40. The highest BCUT2D eigenvalue weighted by atomic mass is 32.2. The number of hydrogen-bond acceptors (Lipinski definition) is 5. The number of carbonyl (C=O) groups is 1. The van der Waals surface area contributed by atoms with Gasteiger partial charge in [-0.2, -0.15) is 5.26 Å². The number of thiophene rings is 1. The summed E-state index contributed by atoms with van der Waals surface area (Å²) in [5.41, 5.74) is 1.82. The molecule has 3 rings (SSSR count). The highest BCUT2D eigenvalue weighted by Gasteiger charge is 2.25. The molecule has 1 N–H and O–H groups in total. The van der Waals surface area contributed by atoms with Crippen molar-refractivity contribution in [3.05, 3.63) is 28.4 Å². The second-order valence-corrected chi connectivity index (χ2v) is 8.04. The minimum absolute atomic E-state index is 0.0925. The van der Waals surface area contributed by atoms with Crippen molar-refractivity contribution in [2.45, 2.75) is 37.8 Å². The highest BCUT2D eigenvalue weighted by molar-refractivity contribution is 7.99. The first kappa shape index (κ1) is 17.1. The van der Waals surface area contributed by atoms with E-state index in [0.29, 0.717) is 16.5 Å². The molecule has 1 amide bonds. The Labute approximate surface area is 150 Å². The van der Waals surface area contributed by atoms with Crippen molar-refractivity contribution in [1.82, 2.24) is 9.55 Å². The Morgan fingerprint density at radius 3 is 3.12 bits per heavy atom. The average Bonchev–Trinajstić information content (AvgIpc) is 3.14. The van der Waals surface area contributed by atoms with E-state index in [1.807, 2.05) is 17.8 Å². The summed E-state index contributed by atoms with van der Waals surface area (Å²) in [4.78, 5) is 17.7. The van der Waals surface area contributed by atoms with Gasteiger partial charge in [-0.15, -0.1) is 11.3 Å². The largest absolute Gasteiger partial charge is 0.329 e. The van der Waals surface area contributed by atoms with Crippen LogP contribution in [0.25, 0.3) is 0 Å². The van der Waals surface area contributed by atoms with Crippen LogP contribution in [0.5, 0.6) is 0 Å². The van der Waals surface area contributed by atoms with Crippen molar-refractivity contribution in [1.29, 1.82) is 5.26 Å². The van der Waals surface area contributed by atoms with Crippen LogP contribution < -0.4 is 5.32 Å². The van der Waals surface area contributed by atoms with Crippen molar-refractivity contribution in [3.63, 3.8) is 0 Å². The van der Waals surface area contributed by atoms with Crippen molar-refractivity contribution >= 4 is 34.0 Å². The van der Waals surface area contributed by atoms with E-state index in [9.17, 15) is 10.1 Å². The summed E-state index contributed by atoms with van der Waals surface area (Å²) in [7, 11) is 1.90. The topological polar surface area (TPSA) is 70.7 Å². The summed E-state index contributed by atoms with van der Waals surface area (Å²) in [6.45, 7) is 2.21. The van der Waals surface area contributed by atoms with E-state index in [1.54, 1.807) is 17.5 Å². The van der Waals surface area contributed by atoms with Gasteiger partial charge in [-0.3, -0.25) is 4.79 Å². The van der Waals surface area contributed by atoms with Crippen LogP contribution in [0.1, 0.15) is 35.8 Å². The monoisotopic (exact) mass is 360 g/mol. The Morgan fingerprint density at radius 2 is 2.46 bits per heavy atom. The Kier molecular flexibility index (Phi) is 5.27. The molecule has 0 fully saturated rings. The molecule has 5 nitrogen and oxygen atoms in total. The molecule has 1 aliphatic carbocycles. The van der Waals surface area contributed by atoms with Gasteiger partial charge in [-0.25, -0.2) is 4.98 Å². The van der Waals surface area contributed by atoms with Gasteiger partial charge >= 0.3 is 0 Å². The average molecular weight is 361 g/mol. The standard InChI is InChI=1S/C17H20N4OS2/c1-3-11-4-5-12-13(9-18)16(24-14(12)8-11)20-15(22)10-23-17-19-6-7-21(17)2/h6-7,11H,3-5,8,10H2,1-2H3,(H,20,22). The summed E-state index contributed by atoms with van der Waals surface area (Å²) >= 11 is 2.97. The van der Waals surface area contributed by atoms with E-state index >= 15 is 0 Å². The lowest BCUT2D eigenvalue weighted by Gasteiger charge is -2.20. The van der Waals surface area contributed by atoms with Gasteiger partial charge in [0.2, 0.25) is 5.91 Å². The molecule has 24 heavy (non-hydrogen) atoms. The summed E-state index contributed by atoms with van der Waals surface area (Å²) in [6.07, 6.45) is 7.85. The van der Waals surface area contributed by atoms with Gasteiger partial charge in [0.25, 0.3) is 0 Å². The number of anilines is 1. The minimum atomic E-state index is -0.0925. The van der Waals surface area contributed by atoms with Gasteiger partial charge in [0.05, 0.1) is 11.3 Å². The molecule has 7 heteroatoms. The Morgan fingerprint density at radius 1 is 1.62 bits per heavy atom. The van der Waals surface area contributed by atoms with Gasteiger partial charge in [0.15, 0.2) is 5.16 Å². The molecule has 0 aromatic carbocycles. The van der Waals surface area contributed by atoms with Crippen LogP contribution in [0.15, 0.2) is 17.6 Å². The van der Waals surface area contributed by atoms with E-state index in [2.05, 4.69) is 23.3 Å². The molecule has 0 saturated carbocycles. The first-order valence-electron chi connectivity index (χ1n) is 8.07.